The molecule has 0 spiro atoms. The Labute approximate surface area is 262 Å². The third kappa shape index (κ3) is 6.22. The molecule has 2 heterocycles. The van der Waals surface area contributed by atoms with Crippen LogP contribution in [0.3, 0.4) is 0 Å². The maximum atomic E-state index is 14.2. The van der Waals surface area contributed by atoms with Crippen molar-refractivity contribution in [1.82, 2.24) is 4.72 Å². The predicted molar refractivity (Wildman–Crippen MR) is 167 cm³/mol. The summed E-state index contributed by atoms with van der Waals surface area (Å²) in [6, 6.07) is 26.8. The van der Waals surface area contributed by atoms with Gasteiger partial charge in [0, 0.05) is 40.6 Å². The highest BCUT2D eigenvalue weighted by molar-refractivity contribution is 7.99. The minimum Gasteiger partial charge on any atom is -0.406 e. The minimum absolute atomic E-state index is 0.159. The molecule has 7 nitrogen and oxygen atoms in total. The Bertz CT molecular complexity index is 1720. The molecule has 1 fully saturated rings. The number of para-hydroxylation sites is 2. The molecule has 2 aliphatic rings. The number of nitrogens with zero attached hydrogens (tertiary/aromatic N) is 3. The van der Waals surface area contributed by atoms with Gasteiger partial charge in [0.1, 0.15) is 15.7 Å². The van der Waals surface area contributed by atoms with Crippen LogP contribution in [0.2, 0.25) is 5.02 Å². The molecule has 0 amide bonds. The van der Waals surface area contributed by atoms with Gasteiger partial charge in [0.25, 0.3) is 0 Å². The van der Waals surface area contributed by atoms with E-state index in [1.807, 2.05) is 60.7 Å². The zero-order chi connectivity index (χ0) is 31.1. The van der Waals surface area contributed by atoms with Crippen LogP contribution >= 0.6 is 23.4 Å². The molecule has 44 heavy (non-hydrogen) atoms. The van der Waals surface area contributed by atoms with Gasteiger partial charge in [-0.2, -0.15) is 0 Å². The van der Waals surface area contributed by atoms with Crippen molar-refractivity contribution in [2.45, 2.75) is 39.2 Å². The SMILES string of the molecule is CN=S(=O)(NC1CN(c2ccc(Cl)cc2)CC(N2c3ccccc3Sc3ccccc32)C1O)c1ccc(OC(F)(F)F)cc1. The zero-order valence-electron chi connectivity index (χ0n) is 23.3. The van der Waals surface area contributed by atoms with Crippen LogP contribution < -0.4 is 19.3 Å². The number of rotatable bonds is 6. The molecule has 6 rings (SSSR count). The maximum Gasteiger partial charge on any atom is 0.573 e. The number of fused-ring (bicyclic) bond motifs is 2. The molecular weight excluding hydrogens is 633 g/mol. The van der Waals surface area contributed by atoms with E-state index in [1.165, 1.54) is 19.2 Å². The normalized spacial score (nSPS) is 21.2. The predicted octanol–water partition coefficient (Wildman–Crippen LogP) is 7.12. The largest absolute Gasteiger partial charge is 0.573 e. The molecule has 13 heteroatoms. The summed E-state index contributed by atoms with van der Waals surface area (Å²) in [6.07, 6.45) is -5.88. The van der Waals surface area contributed by atoms with Crippen molar-refractivity contribution < 1.29 is 27.2 Å². The Morgan fingerprint density at radius 3 is 2.09 bits per heavy atom. The molecule has 4 aromatic rings. The highest BCUT2D eigenvalue weighted by atomic mass is 35.5. The average Bonchev–Trinajstić information content (AvgIpc) is 3.01. The molecule has 0 radical (unpaired) electrons. The van der Waals surface area contributed by atoms with Crippen molar-refractivity contribution in [2.24, 2.45) is 4.36 Å². The number of aliphatic hydroxyl groups excluding tert-OH is 1. The van der Waals surface area contributed by atoms with Gasteiger partial charge in [-0.05, 0) is 72.8 Å². The topological polar surface area (TPSA) is 77.4 Å². The molecule has 230 valence electrons. The van der Waals surface area contributed by atoms with E-state index in [0.717, 1.165) is 39.0 Å². The van der Waals surface area contributed by atoms with Crippen LogP contribution in [0.15, 0.2) is 116 Å². The minimum atomic E-state index is -4.85. The standard InChI is InChI=1S/C31H28ClF3N4O3S2/c1-36-44(41,23-16-14-22(15-17-23)42-31(33,34)35)37-24-18-38(21-12-10-20(32)11-13-21)19-27(30(24)40)39-25-6-2-4-8-28(25)43-29-9-5-3-7-26(29)39/h2-17,24,27,30,40H,18-19H2,1H3,(H,36,37,41). The molecule has 4 aromatic carbocycles. The first-order valence-corrected chi connectivity index (χ1v) is 16.4. The fourth-order valence-corrected chi connectivity index (χ4v) is 8.35. The third-order valence-corrected chi connectivity index (χ3v) is 11.0. The summed E-state index contributed by atoms with van der Waals surface area (Å²) in [4.78, 5) is 6.47. The Balaban J connectivity index is 1.39. The van der Waals surface area contributed by atoms with Gasteiger partial charge in [0.05, 0.1) is 34.5 Å². The number of ether oxygens (including phenoxy) is 1. The summed E-state index contributed by atoms with van der Waals surface area (Å²) in [5.41, 5.74) is 2.75. The quantitative estimate of drug-likeness (QED) is 0.229. The van der Waals surface area contributed by atoms with Crippen molar-refractivity contribution in [3.63, 3.8) is 0 Å². The van der Waals surface area contributed by atoms with E-state index in [-0.39, 0.29) is 11.4 Å². The molecule has 4 atom stereocenters. The number of alkyl halides is 3. The molecular formula is C31H28ClF3N4O3S2. The molecule has 0 aromatic heterocycles. The molecule has 2 N–H and O–H groups in total. The number of aliphatic hydroxyl groups is 1. The van der Waals surface area contributed by atoms with Gasteiger partial charge in [-0.15, -0.1) is 13.2 Å². The lowest BCUT2D eigenvalue weighted by Gasteiger charge is -2.49. The number of piperidine rings is 1. The second-order valence-electron chi connectivity index (χ2n) is 10.3. The number of anilines is 3. The Morgan fingerprint density at radius 2 is 1.52 bits per heavy atom. The third-order valence-electron chi connectivity index (χ3n) is 7.57. The van der Waals surface area contributed by atoms with Crippen molar-refractivity contribution >= 4 is 50.3 Å². The van der Waals surface area contributed by atoms with Crippen LogP contribution in [-0.4, -0.2) is 54.0 Å². The second kappa shape index (κ2) is 12.2. The molecule has 2 aliphatic heterocycles. The Morgan fingerprint density at radius 1 is 0.932 bits per heavy atom. The Kier molecular flexibility index (Phi) is 8.46. The lowest BCUT2D eigenvalue weighted by atomic mass is 9.94. The van der Waals surface area contributed by atoms with Crippen molar-refractivity contribution in [1.29, 1.82) is 0 Å². The number of nitrogens with one attached hydrogen (secondary N) is 1. The average molecular weight is 661 g/mol. The van der Waals surface area contributed by atoms with Crippen LogP contribution in [0.5, 0.6) is 5.75 Å². The van der Waals surface area contributed by atoms with Gasteiger partial charge in [-0.3, -0.25) is 0 Å². The van der Waals surface area contributed by atoms with E-state index in [2.05, 4.69) is 23.6 Å². The molecule has 4 unspecified atom stereocenters. The number of hydrogen-bond acceptors (Lipinski definition) is 7. The first-order chi connectivity index (χ1) is 21.0. The van der Waals surface area contributed by atoms with Crippen molar-refractivity contribution in [3.8, 4) is 5.75 Å². The number of halogens is 4. The van der Waals surface area contributed by atoms with Gasteiger partial charge < -0.3 is 19.6 Å². The number of benzene rings is 4. The molecule has 0 bridgehead atoms. The lowest BCUT2D eigenvalue weighted by molar-refractivity contribution is -0.274. The Hall–Kier alpha value is -3.42. The summed E-state index contributed by atoms with van der Waals surface area (Å²) >= 11 is 7.84. The van der Waals surface area contributed by atoms with Crippen LogP contribution in [-0.2, 0) is 9.92 Å². The highest BCUT2D eigenvalue weighted by Crippen LogP contribution is 2.49. The smallest absolute Gasteiger partial charge is 0.406 e. The summed E-state index contributed by atoms with van der Waals surface area (Å²) in [6.45, 7) is 0.704. The molecule has 1 saturated heterocycles. The first kappa shape index (κ1) is 30.6. The van der Waals surface area contributed by atoms with Gasteiger partial charge >= 0.3 is 6.36 Å². The van der Waals surface area contributed by atoms with E-state index in [4.69, 9.17) is 11.6 Å². The second-order valence-corrected chi connectivity index (χ2v) is 13.9. The maximum absolute atomic E-state index is 14.2. The van der Waals surface area contributed by atoms with Crippen LogP contribution in [0.1, 0.15) is 0 Å². The van der Waals surface area contributed by atoms with Crippen molar-refractivity contribution in [3.05, 3.63) is 102 Å². The summed E-state index contributed by atoms with van der Waals surface area (Å²) in [5.74, 6) is -0.439. The van der Waals surface area contributed by atoms with Gasteiger partial charge in [-0.25, -0.2) is 13.3 Å². The van der Waals surface area contributed by atoms with Crippen LogP contribution in [0, 0.1) is 0 Å². The summed E-state index contributed by atoms with van der Waals surface area (Å²) in [7, 11) is -2.01. The summed E-state index contributed by atoms with van der Waals surface area (Å²) in [5, 5.41) is 12.6. The zero-order valence-corrected chi connectivity index (χ0v) is 25.7. The van der Waals surface area contributed by atoms with Crippen LogP contribution in [0.25, 0.3) is 0 Å². The fourth-order valence-electron chi connectivity index (χ4n) is 5.57. The summed E-state index contributed by atoms with van der Waals surface area (Å²) < 4.78 is 63.6. The monoisotopic (exact) mass is 660 g/mol. The van der Waals surface area contributed by atoms with E-state index < -0.39 is 40.2 Å². The van der Waals surface area contributed by atoms with E-state index in [9.17, 15) is 22.5 Å². The van der Waals surface area contributed by atoms with E-state index >= 15 is 0 Å². The molecule has 0 saturated carbocycles. The van der Waals surface area contributed by atoms with Gasteiger partial charge in [0.15, 0.2) is 0 Å². The van der Waals surface area contributed by atoms with Crippen LogP contribution in [0.4, 0.5) is 30.2 Å². The first-order valence-electron chi connectivity index (χ1n) is 13.7. The van der Waals surface area contributed by atoms with Gasteiger partial charge in [-0.1, -0.05) is 47.6 Å². The van der Waals surface area contributed by atoms with Gasteiger partial charge in [0.2, 0.25) is 0 Å². The van der Waals surface area contributed by atoms with E-state index in [1.54, 1.807) is 23.9 Å². The number of hydrogen-bond donors (Lipinski definition) is 2. The highest BCUT2D eigenvalue weighted by Gasteiger charge is 2.43. The fraction of sp³-hybridized carbons (Fsp3) is 0.226. The molecule has 0 aliphatic carbocycles. The lowest BCUT2D eigenvalue weighted by Crippen LogP contribution is -2.65. The van der Waals surface area contributed by atoms with Crippen molar-refractivity contribution in [2.75, 3.05) is 29.9 Å². The van der Waals surface area contributed by atoms with E-state index in [0.29, 0.717) is 11.6 Å².